The first-order chi connectivity index (χ1) is 10.5. The van der Waals surface area contributed by atoms with Crippen LogP contribution >= 0.6 is 15.9 Å². The molecule has 6 heteroatoms. The number of hydrogen-bond donors (Lipinski definition) is 0. The minimum atomic E-state index is 0.0708. The number of ketones is 1. The highest BCUT2D eigenvalue weighted by atomic mass is 79.9. The second kappa shape index (κ2) is 7.72. The Morgan fingerprint density at radius 3 is 2.82 bits per heavy atom. The molecule has 0 atom stereocenters. The molecule has 1 aromatic rings. The van der Waals surface area contributed by atoms with E-state index in [-0.39, 0.29) is 6.10 Å². The van der Waals surface area contributed by atoms with Crippen molar-refractivity contribution in [3.8, 4) is 5.88 Å². The highest BCUT2D eigenvalue weighted by molar-refractivity contribution is 9.10. The van der Waals surface area contributed by atoms with Gasteiger partial charge in [-0.25, -0.2) is 9.98 Å². The summed E-state index contributed by atoms with van der Waals surface area (Å²) < 4.78 is 6.74. The first-order valence-corrected chi connectivity index (χ1v) is 8.38. The highest BCUT2D eigenvalue weighted by Gasteiger charge is 2.21. The van der Waals surface area contributed by atoms with Crippen LogP contribution in [0.4, 0.5) is 5.69 Å². The molecule has 0 bridgehead atoms. The van der Waals surface area contributed by atoms with Crippen LogP contribution in [0.5, 0.6) is 5.88 Å². The van der Waals surface area contributed by atoms with Crippen LogP contribution < -0.4 is 4.74 Å². The molecule has 0 amide bonds. The van der Waals surface area contributed by atoms with E-state index in [0.29, 0.717) is 24.5 Å². The summed E-state index contributed by atoms with van der Waals surface area (Å²) in [6.45, 7) is 4.89. The fourth-order valence-electron chi connectivity index (χ4n) is 2.19. The van der Waals surface area contributed by atoms with Gasteiger partial charge in [0.05, 0.1) is 22.2 Å². The molecule has 1 aromatic heterocycles. The Kier molecular flexibility index (Phi) is 5.94. The van der Waals surface area contributed by atoms with Gasteiger partial charge in [0.15, 0.2) is 0 Å². The lowest BCUT2D eigenvalue weighted by Gasteiger charge is -2.22. The van der Waals surface area contributed by atoms with Crippen molar-refractivity contribution < 1.29 is 9.53 Å². The van der Waals surface area contributed by atoms with Gasteiger partial charge < -0.3 is 9.64 Å². The minimum Gasteiger partial charge on any atom is -0.474 e. The van der Waals surface area contributed by atoms with Gasteiger partial charge >= 0.3 is 0 Å². The van der Waals surface area contributed by atoms with E-state index in [1.165, 1.54) is 0 Å². The molecule has 0 unspecified atom stereocenters. The summed E-state index contributed by atoms with van der Waals surface area (Å²) in [5.41, 5.74) is 1.64. The summed E-state index contributed by atoms with van der Waals surface area (Å²) in [6, 6.07) is 1.92. The smallest absolute Gasteiger partial charge is 0.228 e. The molecule has 0 saturated heterocycles. The van der Waals surface area contributed by atoms with Crippen molar-refractivity contribution in [3.63, 3.8) is 0 Å². The molecule has 1 fully saturated rings. The van der Waals surface area contributed by atoms with Crippen LogP contribution in [-0.2, 0) is 4.79 Å². The minimum absolute atomic E-state index is 0.0708. The Balaban J connectivity index is 2.09. The summed E-state index contributed by atoms with van der Waals surface area (Å²) in [5, 5.41) is 0. The third-order valence-electron chi connectivity index (χ3n) is 3.77. The topological polar surface area (TPSA) is 54.8 Å². The maximum absolute atomic E-state index is 11.3. The maximum Gasteiger partial charge on any atom is 0.228 e. The number of aromatic nitrogens is 1. The van der Waals surface area contributed by atoms with Crippen LogP contribution in [0.3, 0.4) is 0 Å². The largest absolute Gasteiger partial charge is 0.474 e. The first kappa shape index (κ1) is 16.9. The standard InChI is InChI=1S/C16H22BrN3O2/c1-4-20(3)10-18-15-9-14(17)16(19-11(15)2)22-13-7-5-12(21)6-8-13/h9-10,13H,4-8H2,1-3H3. The quantitative estimate of drug-likeness (QED) is 0.588. The maximum atomic E-state index is 11.3. The first-order valence-electron chi connectivity index (χ1n) is 7.59. The molecular formula is C16H22BrN3O2. The molecule has 0 aromatic carbocycles. The predicted molar refractivity (Wildman–Crippen MR) is 91.0 cm³/mol. The van der Waals surface area contributed by atoms with Crippen LogP contribution in [0, 0.1) is 6.92 Å². The van der Waals surface area contributed by atoms with Crippen molar-refractivity contribution >= 4 is 33.7 Å². The third kappa shape index (κ3) is 4.53. The molecule has 1 aliphatic carbocycles. The van der Waals surface area contributed by atoms with Crippen molar-refractivity contribution in [2.75, 3.05) is 13.6 Å². The number of pyridine rings is 1. The zero-order valence-corrected chi connectivity index (χ0v) is 14.9. The molecule has 2 rings (SSSR count). The van der Waals surface area contributed by atoms with Crippen LogP contribution in [0.1, 0.15) is 38.3 Å². The summed E-state index contributed by atoms with van der Waals surface area (Å²) in [5.74, 6) is 0.910. The van der Waals surface area contributed by atoms with Gasteiger partial charge in [-0.05, 0) is 48.7 Å². The van der Waals surface area contributed by atoms with E-state index >= 15 is 0 Å². The average Bonchev–Trinajstić information content (AvgIpc) is 2.51. The molecule has 0 aliphatic heterocycles. The van der Waals surface area contributed by atoms with E-state index in [2.05, 4.69) is 32.8 Å². The highest BCUT2D eigenvalue weighted by Crippen LogP contribution is 2.31. The number of carbonyl (C=O) groups excluding carboxylic acids is 1. The number of nitrogens with zero attached hydrogens (tertiary/aromatic N) is 3. The number of ether oxygens (including phenoxy) is 1. The zero-order chi connectivity index (χ0) is 16.1. The van der Waals surface area contributed by atoms with E-state index in [1.54, 1.807) is 6.34 Å². The van der Waals surface area contributed by atoms with Crippen LogP contribution in [0.25, 0.3) is 0 Å². The Morgan fingerprint density at radius 2 is 2.18 bits per heavy atom. The van der Waals surface area contributed by atoms with Crippen molar-refractivity contribution in [3.05, 3.63) is 16.2 Å². The second-order valence-corrected chi connectivity index (χ2v) is 6.41. The second-order valence-electron chi connectivity index (χ2n) is 5.55. The number of hydrogen-bond acceptors (Lipinski definition) is 4. The number of aliphatic imine (C=N–C) groups is 1. The lowest BCUT2D eigenvalue weighted by molar-refractivity contribution is -0.121. The van der Waals surface area contributed by atoms with Crippen molar-refractivity contribution in [1.29, 1.82) is 0 Å². The molecule has 5 nitrogen and oxygen atoms in total. The van der Waals surface area contributed by atoms with Crippen LogP contribution in [0.15, 0.2) is 15.5 Å². The van der Waals surface area contributed by atoms with Crippen LogP contribution in [0.2, 0.25) is 0 Å². The molecule has 120 valence electrons. The van der Waals surface area contributed by atoms with Gasteiger partial charge in [-0.1, -0.05) is 0 Å². The Hall–Kier alpha value is -1.43. The van der Waals surface area contributed by atoms with Gasteiger partial charge in [0, 0.05) is 26.4 Å². The van der Waals surface area contributed by atoms with Crippen molar-refractivity contribution in [2.24, 2.45) is 4.99 Å². The fourth-order valence-corrected chi connectivity index (χ4v) is 2.59. The van der Waals surface area contributed by atoms with Crippen LogP contribution in [-0.4, -0.2) is 41.7 Å². The summed E-state index contributed by atoms with van der Waals surface area (Å²) in [6.07, 6.45) is 4.62. The van der Waals surface area contributed by atoms with Crippen molar-refractivity contribution in [2.45, 2.75) is 45.6 Å². The molecule has 0 spiro atoms. The number of carbonyl (C=O) groups is 1. The monoisotopic (exact) mass is 367 g/mol. The Morgan fingerprint density at radius 1 is 1.50 bits per heavy atom. The predicted octanol–water partition coefficient (Wildman–Crippen LogP) is 3.65. The van der Waals surface area contributed by atoms with Gasteiger partial charge in [-0.2, -0.15) is 0 Å². The molecule has 0 N–H and O–H groups in total. The lowest BCUT2D eigenvalue weighted by atomic mass is 9.96. The van der Waals surface area contributed by atoms with E-state index in [9.17, 15) is 4.79 Å². The van der Waals surface area contributed by atoms with Gasteiger partial charge in [0.2, 0.25) is 5.88 Å². The van der Waals surface area contributed by atoms with E-state index < -0.39 is 0 Å². The van der Waals surface area contributed by atoms with E-state index in [1.807, 2.05) is 24.9 Å². The van der Waals surface area contributed by atoms with Crippen molar-refractivity contribution in [1.82, 2.24) is 9.88 Å². The van der Waals surface area contributed by atoms with Gasteiger partial charge in [-0.15, -0.1) is 0 Å². The number of Topliss-reactive ketones (excluding diaryl/α,β-unsaturated/α-hetero) is 1. The molecule has 1 aliphatic rings. The molecular weight excluding hydrogens is 346 g/mol. The zero-order valence-electron chi connectivity index (χ0n) is 13.3. The fraction of sp³-hybridized carbons (Fsp3) is 0.562. The SMILES string of the molecule is CCN(C)C=Nc1cc(Br)c(OC2CCC(=O)CC2)nc1C. The summed E-state index contributed by atoms with van der Waals surface area (Å²) in [7, 11) is 1.98. The van der Waals surface area contributed by atoms with Gasteiger partial charge in [-0.3, -0.25) is 4.79 Å². The average molecular weight is 368 g/mol. The number of aryl methyl sites for hydroxylation is 1. The third-order valence-corrected chi connectivity index (χ3v) is 4.34. The molecule has 1 heterocycles. The number of rotatable bonds is 5. The Labute approximate surface area is 139 Å². The lowest BCUT2D eigenvalue weighted by Crippen LogP contribution is -2.24. The molecule has 1 saturated carbocycles. The molecule has 22 heavy (non-hydrogen) atoms. The summed E-state index contributed by atoms with van der Waals surface area (Å²) >= 11 is 3.50. The Bertz CT molecular complexity index is 565. The normalized spacial score (nSPS) is 16.3. The summed E-state index contributed by atoms with van der Waals surface area (Å²) in [4.78, 5) is 22.2. The van der Waals surface area contributed by atoms with Gasteiger partial charge in [0.1, 0.15) is 11.9 Å². The molecule has 0 radical (unpaired) electrons. The van der Waals surface area contributed by atoms with E-state index in [0.717, 1.165) is 35.2 Å². The van der Waals surface area contributed by atoms with E-state index in [4.69, 9.17) is 4.74 Å². The van der Waals surface area contributed by atoms with Gasteiger partial charge in [0.25, 0.3) is 0 Å². The number of halogens is 1.